The van der Waals surface area contributed by atoms with E-state index in [0.717, 1.165) is 11.5 Å². The molecule has 0 aromatic heterocycles. The fourth-order valence-electron chi connectivity index (χ4n) is 3.13. The summed E-state index contributed by atoms with van der Waals surface area (Å²) >= 11 is 0. The highest BCUT2D eigenvalue weighted by molar-refractivity contribution is 5.83. The lowest BCUT2D eigenvalue weighted by Gasteiger charge is -2.14. The molecule has 1 fully saturated rings. The minimum absolute atomic E-state index is 0.204. The van der Waals surface area contributed by atoms with Crippen LogP contribution < -0.4 is 24.8 Å². The second-order valence-corrected chi connectivity index (χ2v) is 6.16. The van der Waals surface area contributed by atoms with Crippen molar-refractivity contribution in [3.63, 3.8) is 0 Å². The van der Waals surface area contributed by atoms with Crippen molar-refractivity contribution in [2.24, 2.45) is 4.99 Å². The van der Waals surface area contributed by atoms with Crippen LogP contribution in [0.4, 0.5) is 0 Å². The van der Waals surface area contributed by atoms with Crippen LogP contribution in [0.25, 0.3) is 0 Å². The lowest BCUT2D eigenvalue weighted by Crippen LogP contribution is -2.26. The van der Waals surface area contributed by atoms with E-state index in [9.17, 15) is 0 Å². The molecule has 1 aliphatic rings. The highest BCUT2D eigenvalue weighted by Crippen LogP contribution is 2.38. The zero-order valence-electron chi connectivity index (χ0n) is 15.6. The van der Waals surface area contributed by atoms with Gasteiger partial charge in [-0.25, -0.2) is 4.99 Å². The predicted octanol–water partition coefficient (Wildman–Crippen LogP) is 2.89. The van der Waals surface area contributed by atoms with Gasteiger partial charge in [0.25, 0.3) is 0 Å². The van der Waals surface area contributed by atoms with E-state index < -0.39 is 0 Å². The Balaban J connectivity index is 1.76. The molecule has 2 aromatic carbocycles. The van der Waals surface area contributed by atoms with Crippen LogP contribution in [0.3, 0.4) is 0 Å². The first kappa shape index (κ1) is 17.9. The van der Waals surface area contributed by atoms with E-state index in [-0.39, 0.29) is 12.1 Å². The van der Waals surface area contributed by atoms with Crippen molar-refractivity contribution in [2.75, 3.05) is 21.3 Å². The van der Waals surface area contributed by atoms with E-state index in [4.69, 9.17) is 14.2 Å². The molecule has 138 valence electrons. The molecule has 2 N–H and O–H groups in total. The molecule has 26 heavy (non-hydrogen) atoms. The Hall–Kier alpha value is -2.89. The SMILES string of the molecule is COc1cc(CN=C2N[C@H](c3ccccc3)[C@@H](C)N2)cc(OC)c1OC. The number of aliphatic imine (C=N–C) groups is 1. The van der Waals surface area contributed by atoms with Gasteiger partial charge in [0, 0.05) is 0 Å². The van der Waals surface area contributed by atoms with Crippen molar-refractivity contribution >= 4 is 5.96 Å². The van der Waals surface area contributed by atoms with Gasteiger partial charge in [0.15, 0.2) is 17.5 Å². The number of benzene rings is 2. The van der Waals surface area contributed by atoms with Gasteiger partial charge < -0.3 is 24.8 Å². The van der Waals surface area contributed by atoms with E-state index >= 15 is 0 Å². The normalized spacial score (nSPS) is 20.4. The summed E-state index contributed by atoms with van der Waals surface area (Å²) in [6, 6.07) is 14.7. The van der Waals surface area contributed by atoms with Crippen molar-refractivity contribution in [1.29, 1.82) is 0 Å². The quantitative estimate of drug-likeness (QED) is 0.834. The van der Waals surface area contributed by atoms with Gasteiger partial charge in [0.05, 0.1) is 40.0 Å². The molecule has 2 atom stereocenters. The van der Waals surface area contributed by atoms with E-state index in [1.165, 1.54) is 5.56 Å². The van der Waals surface area contributed by atoms with Gasteiger partial charge in [0.1, 0.15) is 0 Å². The van der Waals surface area contributed by atoms with Crippen LogP contribution in [0.5, 0.6) is 17.2 Å². The maximum absolute atomic E-state index is 5.40. The summed E-state index contributed by atoms with van der Waals surface area (Å²) < 4.78 is 16.2. The van der Waals surface area contributed by atoms with E-state index in [0.29, 0.717) is 23.8 Å². The van der Waals surface area contributed by atoms with Crippen molar-refractivity contribution in [2.45, 2.75) is 25.6 Å². The molecular formula is C20H25N3O3. The standard InChI is InChI=1S/C20H25N3O3/c1-13-18(15-8-6-5-7-9-15)23-20(22-13)21-12-14-10-16(24-2)19(26-4)17(11-14)25-3/h5-11,13,18H,12H2,1-4H3,(H2,21,22,23)/t13-,18+/m1/s1. The minimum Gasteiger partial charge on any atom is -0.493 e. The third-order valence-corrected chi connectivity index (χ3v) is 4.46. The van der Waals surface area contributed by atoms with Gasteiger partial charge in [-0.2, -0.15) is 0 Å². The molecular weight excluding hydrogens is 330 g/mol. The first-order valence-corrected chi connectivity index (χ1v) is 8.57. The van der Waals surface area contributed by atoms with Gasteiger partial charge in [-0.1, -0.05) is 30.3 Å². The molecule has 1 aliphatic heterocycles. The van der Waals surface area contributed by atoms with Crippen LogP contribution in [-0.4, -0.2) is 33.3 Å². The molecule has 0 bridgehead atoms. The Morgan fingerprint density at radius 2 is 1.58 bits per heavy atom. The average Bonchev–Trinajstić information content (AvgIpc) is 3.06. The number of nitrogens with one attached hydrogen (secondary N) is 2. The van der Waals surface area contributed by atoms with E-state index in [1.54, 1.807) is 21.3 Å². The van der Waals surface area contributed by atoms with E-state index in [2.05, 4.69) is 46.8 Å². The smallest absolute Gasteiger partial charge is 0.203 e. The summed E-state index contributed by atoms with van der Waals surface area (Å²) in [6.45, 7) is 2.65. The van der Waals surface area contributed by atoms with Gasteiger partial charge in [-0.05, 0) is 30.2 Å². The molecule has 0 saturated carbocycles. The van der Waals surface area contributed by atoms with Gasteiger partial charge in [-0.15, -0.1) is 0 Å². The number of methoxy groups -OCH3 is 3. The molecule has 0 radical (unpaired) electrons. The van der Waals surface area contributed by atoms with Crippen LogP contribution in [0.2, 0.25) is 0 Å². The molecule has 1 heterocycles. The Kier molecular flexibility index (Phi) is 5.51. The fourth-order valence-corrected chi connectivity index (χ4v) is 3.13. The Labute approximate surface area is 154 Å². The Bertz CT molecular complexity index is 752. The minimum atomic E-state index is 0.204. The third-order valence-electron chi connectivity index (χ3n) is 4.46. The molecule has 0 aliphatic carbocycles. The van der Waals surface area contributed by atoms with Crippen LogP contribution in [0, 0.1) is 0 Å². The monoisotopic (exact) mass is 355 g/mol. The van der Waals surface area contributed by atoms with Crippen LogP contribution in [-0.2, 0) is 6.54 Å². The van der Waals surface area contributed by atoms with Crippen molar-refractivity contribution in [3.05, 3.63) is 53.6 Å². The number of rotatable bonds is 6. The highest BCUT2D eigenvalue weighted by atomic mass is 16.5. The maximum atomic E-state index is 5.40. The molecule has 1 saturated heterocycles. The third kappa shape index (κ3) is 3.69. The Morgan fingerprint density at radius 3 is 2.15 bits per heavy atom. The summed E-state index contributed by atoms with van der Waals surface area (Å²) in [5, 5.41) is 6.86. The first-order chi connectivity index (χ1) is 12.7. The summed E-state index contributed by atoms with van der Waals surface area (Å²) in [4.78, 5) is 4.67. The summed E-state index contributed by atoms with van der Waals surface area (Å²) in [7, 11) is 4.82. The van der Waals surface area contributed by atoms with Crippen LogP contribution in [0.1, 0.15) is 24.1 Å². The zero-order chi connectivity index (χ0) is 18.5. The number of hydrogen-bond donors (Lipinski definition) is 2. The van der Waals surface area contributed by atoms with Crippen molar-refractivity contribution in [3.8, 4) is 17.2 Å². The maximum Gasteiger partial charge on any atom is 0.203 e. The van der Waals surface area contributed by atoms with Crippen LogP contribution in [0.15, 0.2) is 47.5 Å². The number of guanidine groups is 1. The first-order valence-electron chi connectivity index (χ1n) is 8.57. The summed E-state index contributed by atoms with van der Waals surface area (Å²) in [5.74, 6) is 2.64. The summed E-state index contributed by atoms with van der Waals surface area (Å²) in [6.07, 6.45) is 0. The predicted molar refractivity (Wildman–Crippen MR) is 102 cm³/mol. The zero-order valence-corrected chi connectivity index (χ0v) is 15.6. The number of nitrogens with zero attached hydrogens (tertiary/aromatic N) is 1. The number of ether oxygens (including phenoxy) is 3. The fraction of sp³-hybridized carbons (Fsp3) is 0.350. The highest BCUT2D eigenvalue weighted by Gasteiger charge is 2.27. The van der Waals surface area contributed by atoms with E-state index in [1.807, 2.05) is 18.2 Å². The Morgan fingerprint density at radius 1 is 0.923 bits per heavy atom. The van der Waals surface area contributed by atoms with Gasteiger partial charge in [-0.3, -0.25) is 0 Å². The summed E-state index contributed by atoms with van der Waals surface area (Å²) in [5.41, 5.74) is 2.22. The van der Waals surface area contributed by atoms with Gasteiger partial charge >= 0.3 is 0 Å². The average molecular weight is 355 g/mol. The lowest BCUT2D eigenvalue weighted by molar-refractivity contribution is 0.324. The number of hydrogen-bond acceptors (Lipinski definition) is 4. The molecule has 0 spiro atoms. The molecule has 2 aromatic rings. The molecule has 6 nitrogen and oxygen atoms in total. The molecule has 0 unspecified atom stereocenters. The molecule has 3 rings (SSSR count). The second-order valence-electron chi connectivity index (χ2n) is 6.16. The second kappa shape index (κ2) is 7.99. The molecule has 6 heteroatoms. The van der Waals surface area contributed by atoms with Crippen molar-refractivity contribution in [1.82, 2.24) is 10.6 Å². The van der Waals surface area contributed by atoms with Gasteiger partial charge in [0.2, 0.25) is 5.75 Å². The van der Waals surface area contributed by atoms with Crippen molar-refractivity contribution < 1.29 is 14.2 Å². The largest absolute Gasteiger partial charge is 0.493 e. The lowest BCUT2D eigenvalue weighted by atomic mass is 10.0. The molecule has 0 amide bonds. The topological polar surface area (TPSA) is 64.1 Å². The van der Waals surface area contributed by atoms with Crippen LogP contribution >= 0.6 is 0 Å².